The third-order valence-corrected chi connectivity index (χ3v) is 3.91. The summed E-state index contributed by atoms with van der Waals surface area (Å²) in [6, 6.07) is 15.0. The summed E-state index contributed by atoms with van der Waals surface area (Å²) in [5.74, 6) is 2.60. The van der Waals surface area contributed by atoms with Crippen molar-refractivity contribution in [3.8, 4) is 17.2 Å². The molecule has 0 saturated heterocycles. The van der Waals surface area contributed by atoms with Crippen LogP contribution in [-0.4, -0.2) is 19.9 Å². The quantitative estimate of drug-likeness (QED) is 0.889. The van der Waals surface area contributed by atoms with Gasteiger partial charge in [-0.15, -0.1) is 0 Å². The van der Waals surface area contributed by atoms with Crippen molar-refractivity contribution in [3.63, 3.8) is 0 Å². The molecule has 0 aliphatic carbocycles. The largest absolute Gasteiger partial charge is 0.497 e. The lowest BCUT2D eigenvalue weighted by Crippen LogP contribution is -2.88. The van der Waals surface area contributed by atoms with Gasteiger partial charge in [-0.2, -0.15) is 0 Å². The van der Waals surface area contributed by atoms with Gasteiger partial charge in [0.05, 0.1) is 13.2 Å². The Morgan fingerprint density at radius 1 is 1.05 bits per heavy atom. The smallest absolute Gasteiger partial charge is 0.231 e. The lowest BCUT2D eigenvalue weighted by molar-refractivity contribution is -0.701. The number of fused-ring (bicyclic) bond motifs is 1. The van der Waals surface area contributed by atoms with E-state index >= 15 is 0 Å². The average Bonchev–Trinajstić information content (AvgIpc) is 3.01. The molecule has 0 fully saturated rings. The van der Waals surface area contributed by atoms with Gasteiger partial charge in [0.1, 0.15) is 12.3 Å². The predicted octanol–water partition coefficient (Wildman–Crippen LogP) is 2.12. The van der Waals surface area contributed by atoms with Gasteiger partial charge >= 0.3 is 0 Å². The molecule has 0 spiro atoms. The molecule has 1 aliphatic heterocycles. The standard InChI is InChI=1S/C18H21NO3/c1-13(9-14-3-6-16(20-2)7-4-14)19-11-15-5-8-17-18(10-15)22-12-21-17/h3-8,10,13,19H,9,11-12H2,1-2H3/p+1/t13-/m0/s1. The minimum absolute atomic E-state index is 0.330. The zero-order valence-electron chi connectivity index (χ0n) is 13.0. The van der Waals surface area contributed by atoms with E-state index in [0.29, 0.717) is 12.8 Å². The maximum absolute atomic E-state index is 5.42. The fraction of sp³-hybridized carbons (Fsp3) is 0.333. The van der Waals surface area contributed by atoms with Gasteiger partial charge < -0.3 is 19.5 Å². The van der Waals surface area contributed by atoms with Gasteiger partial charge in [-0.1, -0.05) is 12.1 Å². The normalized spacial score (nSPS) is 13.9. The zero-order chi connectivity index (χ0) is 15.4. The van der Waals surface area contributed by atoms with Crippen LogP contribution >= 0.6 is 0 Å². The molecule has 2 aromatic rings. The van der Waals surface area contributed by atoms with E-state index in [1.165, 1.54) is 11.1 Å². The molecular weight excluding hydrogens is 278 g/mol. The van der Waals surface area contributed by atoms with Crippen LogP contribution in [-0.2, 0) is 13.0 Å². The Labute approximate surface area is 131 Å². The molecule has 1 heterocycles. The molecule has 0 saturated carbocycles. The first-order chi connectivity index (χ1) is 10.7. The molecule has 2 aromatic carbocycles. The Morgan fingerprint density at radius 2 is 1.77 bits per heavy atom. The van der Waals surface area contributed by atoms with Crippen LogP contribution < -0.4 is 19.5 Å². The number of hydrogen-bond acceptors (Lipinski definition) is 3. The van der Waals surface area contributed by atoms with E-state index in [2.05, 4.69) is 36.5 Å². The third-order valence-electron chi connectivity index (χ3n) is 3.91. The lowest BCUT2D eigenvalue weighted by atomic mass is 10.1. The van der Waals surface area contributed by atoms with Crippen LogP contribution in [0.4, 0.5) is 0 Å². The molecule has 0 aromatic heterocycles. The molecule has 116 valence electrons. The number of ether oxygens (including phenoxy) is 3. The Hall–Kier alpha value is -2.20. The summed E-state index contributed by atoms with van der Waals surface area (Å²) in [6.45, 7) is 3.52. The number of rotatable bonds is 6. The van der Waals surface area contributed by atoms with Crippen molar-refractivity contribution in [2.75, 3.05) is 13.9 Å². The van der Waals surface area contributed by atoms with E-state index in [0.717, 1.165) is 30.2 Å². The fourth-order valence-electron chi connectivity index (χ4n) is 2.62. The molecule has 0 bridgehead atoms. The Morgan fingerprint density at radius 3 is 2.55 bits per heavy atom. The van der Waals surface area contributed by atoms with Crippen molar-refractivity contribution in [3.05, 3.63) is 53.6 Å². The van der Waals surface area contributed by atoms with Gasteiger partial charge in [0.15, 0.2) is 11.5 Å². The molecule has 4 nitrogen and oxygen atoms in total. The van der Waals surface area contributed by atoms with Gasteiger partial charge in [-0.3, -0.25) is 0 Å². The molecule has 0 radical (unpaired) electrons. The van der Waals surface area contributed by atoms with Gasteiger partial charge in [0.25, 0.3) is 0 Å². The van der Waals surface area contributed by atoms with Gasteiger partial charge in [0, 0.05) is 12.0 Å². The first kappa shape index (κ1) is 14.7. The van der Waals surface area contributed by atoms with E-state index in [1.807, 2.05) is 18.2 Å². The highest BCUT2D eigenvalue weighted by Crippen LogP contribution is 2.32. The SMILES string of the molecule is COc1ccc(C[C@H](C)[NH2+]Cc2ccc3c(c2)OCO3)cc1. The van der Waals surface area contributed by atoms with Crippen molar-refractivity contribution in [1.82, 2.24) is 0 Å². The first-order valence-electron chi connectivity index (χ1n) is 7.59. The number of quaternary nitrogens is 1. The predicted molar refractivity (Wildman–Crippen MR) is 84.4 cm³/mol. The monoisotopic (exact) mass is 300 g/mol. The molecule has 4 heteroatoms. The summed E-state index contributed by atoms with van der Waals surface area (Å²) in [7, 11) is 1.69. The summed E-state index contributed by atoms with van der Waals surface area (Å²) < 4.78 is 15.9. The lowest BCUT2D eigenvalue weighted by Gasteiger charge is -2.11. The number of methoxy groups -OCH3 is 1. The van der Waals surface area contributed by atoms with Crippen LogP contribution in [0.15, 0.2) is 42.5 Å². The third kappa shape index (κ3) is 3.52. The van der Waals surface area contributed by atoms with Crippen LogP contribution in [0.1, 0.15) is 18.1 Å². The van der Waals surface area contributed by atoms with Crippen molar-refractivity contribution in [1.29, 1.82) is 0 Å². The van der Waals surface area contributed by atoms with E-state index in [4.69, 9.17) is 14.2 Å². The van der Waals surface area contributed by atoms with E-state index in [-0.39, 0.29) is 0 Å². The number of benzene rings is 2. The highest BCUT2D eigenvalue weighted by Gasteiger charge is 2.14. The van der Waals surface area contributed by atoms with E-state index in [9.17, 15) is 0 Å². The second-order valence-electron chi connectivity index (χ2n) is 5.66. The maximum atomic E-state index is 5.42. The van der Waals surface area contributed by atoms with Crippen molar-refractivity contribution in [2.45, 2.75) is 25.9 Å². The van der Waals surface area contributed by atoms with Crippen molar-refractivity contribution in [2.24, 2.45) is 0 Å². The molecule has 0 unspecified atom stereocenters. The van der Waals surface area contributed by atoms with Crippen LogP contribution in [0.5, 0.6) is 17.2 Å². The molecule has 1 aliphatic rings. The number of nitrogens with two attached hydrogens (primary N) is 1. The minimum atomic E-state index is 0.330. The van der Waals surface area contributed by atoms with Gasteiger partial charge in [-0.25, -0.2) is 0 Å². The molecule has 0 amide bonds. The molecule has 22 heavy (non-hydrogen) atoms. The summed E-state index contributed by atoms with van der Waals surface area (Å²) in [5.41, 5.74) is 2.58. The Bertz CT molecular complexity index is 625. The van der Waals surface area contributed by atoms with Gasteiger partial charge in [-0.05, 0) is 42.8 Å². The van der Waals surface area contributed by atoms with Crippen molar-refractivity contribution >= 4 is 0 Å². The molecule has 1 atom stereocenters. The average molecular weight is 300 g/mol. The van der Waals surface area contributed by atoms with Gasteiger partial charge in [0.2, 0.25) is 6.79 Å². The maximum Gasteiger partial charge on any atom is 0.231 e. The molecule has 2 N–H and O–H groups in total. The Balaban J connectivity index is 1.52. The van der Waals surface area contributed by atoms with Crippen molar-refractivity contribution < 1.29 is 19.5 Å². The highest BCUT2D eigenvalue weighted by molar-refractivity contribution is 5.44. The van der Waals surface area contributed by atoms with Crippen LogP contribution in [0, 0.1) is 0 Å². The first-order valence-corrected chi connectivity index (χ1v) is 7.59. The molecule has 3 rings (SSSR count). The topological polar surface area (TPSA) is 44.3 Å². The zero-order valence-corrected chi connectivity index (χ0v) is 13.0. The van der Waals surface area contributed by atoms with Crippen LogP contribution in [0.3, 0.4) is 0 Å². The van der Waals surface area contributed by atoms with Crippen LogP contribution in [0.2, 0.25) is 0 Å². The Kier molecular flexibility index (Phi) is 4.49. The summed E-state index contributed by atoms with van der Waals surface area (Å²) in [4.78, 5) is 0. The summed E-state index contributed by atoms with van der Waals surface area (Å²) in [6.07, 6.45) is 1.04. The highest BCUT2D eigenvalue weighted by atomic mass is 16.7. The minimum Gasteiger partial charge on any atom is -0.497 e. The second-order valence-corrected chi connectivity index (χ2v) is 5.66. The van der Waals surface area contributed by atoms with E-state index in [1.54, 1.807) is 7.11 Å². The van der Waals surface area contributed by atoms with Crippen LogP contribution in [0.25, 0.3) is 0 Å². The number of hydrogen-bond donors (Lipinski definition) is 1. The summed E-state index contributed by atoms with van der Waals surface area (Å²) in [5, 5.41) is 2.35. The fourth-order valence-corrected chi connectivity index (χ4v) is 2.62. The molecular formula is C18H22NO3+. The van der Waals surface area contributed by atoms with E-state index < -0.39 is 0 Å². The second kappa shape index (κ2) is 6.71. The summed E-state index contributed by atoms with van der Waals surface area (Å²) >= 11 is 0.